The fraction of sp³-hybridized carbons (Fsp3) is 0.600. The molecule has 3 aliphatic rings. The predicted molar refractivity (Wildman–Crippen MR) is 87.4 cm³/mol. The first-order chi connectivity index (χ1) is 11.1. The zero-order valence-electron chi connectivity index (χ0n) is 13.8. The molecule has 0 aliphatic heterocycles. The predicted octanol–water partition coefficient (Wildman–Crippen LogP) is 4.41. The van der Waals surface area contributed by atoms with Crippen molar-refractivity contribution in [3.8, 4) is 0 Å². The Morgan fingerprint density at radius 3 is 1.74 bits per heavy atom. The van der Waals surface area contributed by atoms with Gasteiger partial charge in [-0.3, -0.25) is 4.79 Å². The molecule has 3 nitrogen and oxygen atoms in total. The Kier molecular flexibility index (Phi) is 3.36. The first-order valence-corrected chi connectivity index (χ1v) is 8.87. The number of hydrogen-bond donors (Lipinski definition) is 0. The summed E-state index contributed by atoms with van der Waals surface area (Å²) in [5.74, 6) is 0.184. The largest absolute Gasteiger partial charge is 0.465 e. The van der Waals surface area contributed by atoms with Gasteiger partial charge in [0.15, 0.2) is 5.78 Å². The molecule has 3 fully saturated rings. The first kappa shape index (κ1) is 14.9. The van der Waals surface area contributed by atoms with Gasteiger partial charge in [-0.15, -0.1) is 0 Å². The molecule has 122 valence electrons. The van der Waals surface area contributed by atoms with Gasteiger partial charge in [-0.2, -0.15) is 0 Å². The highest BCUT2D eigenvalue weighted by Crippen LogP contribution is 2.81. The molecule has 3 saturated carbocycles. The third kappa shape index (κ3) is 1.95. The number of esters is 1. The first-order valence-electron chi connectivity index (χ1n) is 8.87. The van der Waals surface area contributed by atoms with Gasteiger partial charge >= 0.3 is 5.97 Å². The van der Waals surface area contributed by atoms with Crippen molar-refractivity contribution in [3.63, 3.8) is 0 Å². The fourth-order valence-corrected chi connectivity index (χ4v) is 5.88. The van der Waals surface area contributed by atoms with Crippen LogP contribution >= 0.6 is 0 Å². The Morgan fingerprint density at radius 1 is 0.870 bits per heavy atom. The van der Waals surface area contributed by atoms with Crippen molar-refractivity contribution in [2.45, 2.75) is 51.4 Å². The van der Waals surface area contributed by atoms with E-state index in [4.69, 9.17) is 4.74 Å². The number of rotatable bonds is 3. The molecule has 0 heterocycles. The lowest BCUT2D eigenvalue weighted by molar-refractivity contribution is 0.0600. The number of Topliss-reactive ketones (excluding diaryl/α,β-unsaturated/α-hetero) is 1. The molecule has 0 amide bonds. The molecule has 0 atom stereocenters. The van der Waals surface area contributed by atoms with Crippen LogP contribution in [0.1, 0.15) is 72.1 Å². The minimum Gasteiger partial charge on any atom is -0.465 e. The van der Waals surface area contributed by atoms with Crippen LogP contribution in [0.2, 0.25) is 0 Å². The Labute approximate surface area is 137 Å². The van der Waals surface area contributed by atoms with Crippen LogP contribution in [0.4, 0.5) is 0 Å². The van der Waals surface area contributed by atoms with Crippen LogP contribution < -0.4 is 0 Å². The van der Waals surface area contributed by atoms with Crippen LogP contribution in [-0.2, 0) is 4.74 Å². The maximum absolute atomic E-state index is 13.2. The molecule has 3 aliphatic carbocycles. The molecular formula is C20H24O3. The summed E-state index contributed by atoms with van der Waals surface area (Å²) in [7, 11) is 1.37. The molecule has 0 unspecified atom stereocenters. The van der Waals surface area contributed by atoms with E-state index in [1.165, 1.54) is 58.5 Å². The smallest absolute Gasteiger partial charge is 0.337 e. The summed E-state index contributed by atoms with van der Waals surface area (Å²) in [4.78, 5) is 24.7. The standard InChI is InChI=1S/C20H24O3/c1-23-18(22)15-8-6-14(7-9-15)16(21)17-19-10-2-3-11-20(17,19)13-5-4-12-19/h6-9,17H,2-5,10-13H2,1H3. The summed E-state index contributed by atoms with van der Waals surface area (Å²) in [6.07, 6.45) is 10.1. The van der Waals surface area contributed by atoms with Gasteiger partial charge in [-0.25, -0.2) is 4.79 Å². The Morgan fingerprint density at radius 2 is 1.30 bits per heavy atom. The quantitative estimate of drug-likeness (QED) is 0.613. The van der Waals surface area contributed by atoms with Crippen molar-refractivity contribution in [1.82, 2.24) is 0 Å². The number of hydrogen-bond acceptors (Lipinski definition) is 3. The third-order valence-electron chi connectivity index (χ3n) is 6.86. The zero-order valence-corrected chi connectivity index (χ0v) is 13.8. The lowest BCUT2D eigenvalue weighted by atomic mass is 9.71. The van der Waals surface area contributed by atoms with Gasteiger partial charge < -0.3 is 4.74 Å². The minimum atomic E-state index is -0.352. The Bertz CT molecular complexity index is 609. The molecule has 0 radical (unpaired) electrons. The van der Waals surface area contributed by atoms with Gasteiger partial charge in [-0.1, -0.05) is 37.8 Å². The highest BCUT2D eigenvalue weighted by Gasteiger charge is 2.77. The van der Waals surface area contributed by atoms with Crippen LogP contribution in [0.25, 0.3) is 0 Å². The second-order valence-corrected chi connectivity index (χ2v) is 7.59. The van der Waals surface area contributed by atoms with Crippen LogP contribution in [-0.4, -0.2) is 18.9 Å². The van der Waals surface area contributed by atoms with Crippen LogP contribution in [0, 0.1) is 16.7 Å². The normalized spacial score (nSPS) is 34.9. The number of ether oxygens (including phenoxy) is 1. The highest BCUT2D eigenvalue weighted by molar-refractivity contribution is 6.02. The summed E-state index contributed by atoms with van der Waals surface area (Å²) in [6.45, 7) is 0. The van der Waals surface area contributed by atoms with E-state index >= 15 is 0 Å². The van der Waals surface area contributed by atoms with Gasteiger partial charge in [0.25, 0.3) is 0 Å². The maximum Gasteiger partial charge on any atom is 0.337 e. The molecule has 0 bridgehead atoms. The van der Waals surface area contributed by atoms with Crippen molar-refractivity contribution >= 4 is 11.8 Å². The molecule has 1 aromatic rings. The summed E-state index contributed by atoms with van der Waals surface area (Å²) >= 11 is 0. The number of methoxy groups -OCH3 is 1. The molecule has 23 heavy (non-hydrogen) atoms. The van der Waals surface area contributed by atoms with E-state index in [0.717, 1.165) is 5.56 Å². The van der Waals surface area contributed by atoms with Crippen molar-refractivity contribution in [1.29, 1.82) is 0 Å². The molecule has 0 saturated heterocycles. The van der Waals surface area contributed by atoms with Crippen LogP contribution in [0.15, 0.2) is 24.3 Å². The maximum atomic E-state index is 13.2. The molecule has 0 spiro atoms. The number of benzene rings is 1. The number of carbonyl (C=O) groups is 2. The Hall–Kier alpha value is -1.64. The van der Waals surface area contributed by atoms with E-state index < -0.39 is 0 Å². The molecule has 0 N–H and O–H groups in total. The van der Waals surface area contributed by atoms with Crippen molar-refractivity contribution in [3.05, 3.63) is 35.4 Å². The minimum absolute atomic E-state index is 0.226. The summed E-state index contributed by atoms with van der Waals surface area (Å²) in [5, 5.41) is 0. The SMILES string of the molecule is COC(=O)c1ccc(C(=O)C2C34CCCCC23CCCC4)cc1. The highest BCUT2D eigenvalue weighted by atomic mass is 16.5. The van der Waals surface area contributed by atoms with E-state index in [1.54, 1.807) is 24.3 Å². The number of ketones is 1. The molecule has 1 aromatic carbocycles. The van der Waals surface area contributed by atoms with Gasteiger partial charge in [0, 0.05) is 11.5 Å². The van der Waals surface area contributed by atoms with Gasteiger partial charge in [0.1, 0.15) is 0 Å². The van der Waals surface area contributed by atoms with E-state index in [1.807, 2.05) is 0 Å². The van der Waals surface area contributed by atoms with Crippen LogP contribution in [0.5, 0.6) is 0 Å². The lowest BCUT2D eigenvalue weighted by Crippen LogP contribution is -2.22. The molecule has 3 heteroatoms. The van der Waals surface area contributed by atoms with Gasteiger partial charge in [0.2, 0.25) is 0 Å². The third-order valence-corrected chi connectivity index (χ3v) is 6.86. The Balaban J connectivity index is 1.61. The average Bonchev–Trinajstić information content (AvgIpc) is 3.24. The van der Waals surface area contributed by atoms with Crippen molar-refractivity contribution in [2.75, 3.05) is 7.11 Å². The second-order valence-electron chi connectivity index (χ2n) is 7.59. The fourth-order valence-electron chi connectivity index (χ4n) is 5.88. The van der Waals surface area contributed by atoms with E-state index in [-0.39, 0.29) is 11.9 Å². The van der Waals surface area contributed by atoms with Crippen LogP contribution in [0.3, 0.4) is 0 Å². The summed E-state index contributed by atoms with van der Waals surface area (Å²) in [6, 6.07) is 7.03. The zero-order chi connectivity index (χ0) is 16.1. The lowest BCUT2D eigenvalue weighted by Gasteiger charge is -2.34. The second kappa shape index (κ2) is 5.19. The van der Waals surface area contributed by atoms with E-state index in [0.29, 0.717) is 22.2 Å². The van der Waals surface area contributed by atoms with Gasteiger partial charge in [-0.05, 0) is 48.6 Å². The van der Waals surface area contributed by atoms with Gasteiger partial charge in [0.05, 0.1) is 12.7 Å². The van der Waals surface area contributed by atoms with E-state index in [9.17, 15) is 9.59 Å². The van der Waals surface area contributed by atoms with Crippen molar-refractivity contribution in [2.24, 2.45) is 16.7 Å². The summed E-state index contributed by atoms with van der Waals surface area (Å²) < 4.78 is 4.72. The van der Waals surface area contributed by atoms with Crippen molar-refractivity contribution < 1.29 is 14.3 Å². The van der Waals surface area contributed by atoms with E-state index in [2.05, 4.69) is 0 Å². The molecule has 4 rings (SSSR count). The monoisotopic (exact) mass is 312 g/mol. The molecule has 0 aromatic heterocycles. The molecular weight excluding hydrogens is 288 g/mol. The average molecular weight is 312 g/mol. The summed E-state index contributed by atoms with van der Waals surface area (Å²) in [5.41, 5.74) is 1.88. The topological polar surface area (TPSA) is 43.4 Å². The number of carbonyl (C=O) groups excluding carboxylic acids is 2.